The Hall–Kier alpha value is -2.64. The second-order valence-electron chi connectivity index (χ2n) is 9.20. The van der Waals surface area contributed by atoms with E-state index in [1.54, 1.807) is 6.08 Å². The van der Waals surface area contributed by atoms with E-state index in [9.17, 15) is 19.8 Å². The molecule has 0 unspecified atom stereocenters. The summed E-state index contributed by atoms with van der Waals surface area (Å²) in [6.07, 6.45) is 9.96. The van der Waals surface area contributed by atoms with E-state index in [2.05, 4.69) is 16.1 Å². The number of amides is 1. The van der Waals surface area contributed by atoms with Crippen molar-refractivity contribution >= 4 is 11.9 Å². The molecule has 0 saturated heterocycles. The van der Waals surface area contributed by atoms with Gasteiger partial charge >= 0.3 is 5.97 Å². The summed E-state index contributed by atoms with van der Waals surface area (Å²) in [4.78, 5) is 22.9. The SMILES string of the molecule is COC(=O)CCNC(=O)CCCCC1=C[C@H]2C[C@@H](O)[C@H](/C=C/[C@@H](O)COc3ccccc3)[C@H]2C1. The molecular formula is C27H37NO6. The number of hydrogen-bond donors (Lipinski definition) is 3. The Bertz CT molecular complexity index is 852. The number of esters is 1. The lowest BCUT2D eigenvalue weighted by atomic mass is 9.88. The van der Waals surface area contributed by atoms with Crippen molar-refractivity contribution in [2.45, 2.75) is 57.2 Å². The van der Waals surface area contributed by atoms with Crippen molar-refractivity contribution in [2.75, 3.05) is 20.3 Å². The third-order valence-electron chi connectivity index (χ3n) is 6.70. The number of aliphatic hydroxyl groups excluding tert-OH is 2. The molecule has 3 N–H and O–H groups in total. The third-order valence-corrected chi connectivity index (χ3v) is 6.70. The van der Waals surface area contributed by atoms with E-state index in [1.807, 2.05) is 36.4 Å². The lowest BCUT2D eigenvalue weighted by Crippen LogP contribution is -2.25. The predicted octanol–water partition coefficient (Wildman–Crippen LogP) is 3.17. The molecule has 0 radical (unpaired) electrons. The summed E-state index contributed by atoms with van der Waals surface area (Å²) in [7, 11) is 1.33. The Labute approximate surface area is 201 Å². The van der Waals surface area contributed by atoms with Gasteiger partial charge in [-0.1, -0.05) is 42.0 Å². The zero-order valence-corrected chi connectivity index (χ0v) is 19.9. The quantitative estimate of drug-likeness (QED) is 0.232. The molecule has 0 spiro atoms. The van der Waals surface area contributed by atoms with Crippen molar-refractivity contribution in [1.82, 2.24) is 5.32 Å². The van der Waals surface area contributed by atoms with Crippen molar-refractivity contribution in [2.24, 2.45) is 17.8 Å². The van der Waals surface area contributed by atoms with Gasteiger partial charge in [0.2, 0.25) is 5.91 Å². The summed E-state index contributed by atoms with van der Waals surface area (Å²) in [6.45, 7) is 0.488. The number of carbonyl (C=O) groups is 2. The van der Waals surface area contributed by atoms with E-state index in [-0.39, 0.29) is 36.9 Å². The molecule has 7 nitrogen and oxygen atoms in total. The maximum absolute atomic E-state index is 11.9. The number of hydrogen-bond acceptors (Lipinski definition) is 6. The molecule has 7 heteroatoms. The molecular weight excluding hydrogens is 434 g/mol. The summed E-state index contributed by atoms with van der Waals surface area (Å²) in [5, 5.41) is 23.5. The van der Waals surface area contributed by atoms with Crippen LogP contribution in [0.15, 0.2) is 54.1 Å². The van der Waals surface area contributed by atoms with Crippen LogP contribution in [0.1, 0.15) is 44.9 Å². The molecule has 3 rings (SSSR count). The Morgan fingerprint density at radius 3 is 2.76 bits per heavy atom. The zero-order chi connectivity index (χ0) is 24.3. The van der Waals surface area contributed by atoms with E-state index >= 15 is 0 Å². The number of rotatable bonds is 13. The van der Waals surface area contributed by atoms with Gasteiger partial charge in [0, 0.05) is 18.9 Å². The molecule has 34 heavy (non-hydrogen) atoms. The van der Waals surface area contributed by atoms with E-state index < -0.39 is 6.10 Å². The van der Waals surface area contributed by atoms with Gasteiger partial charge in [0.05, 0.1) is 19.6 Å². The summed E-state index contributed by atoms with van der Waals surface area (Å²) >= 11 is 0. The van der Waals surface area contributed by atoms with Crippen LogP contribution in [0.5, 0.6) is 5.75 Å². The van der Waals surface area contributed by atoms with Crippen molar-refractivity contribution in [3.8, 4) is 5.75 Å². The van der Waals surface area contributed by atoms with Crippen LogP contribution in [-0.2, 0) is 14.3 Å². The smallest absolute Gasteiger partial charge is 0.307 e. The Kier molecular flexibility index (Phi) is 10.2. The Morgan fingerprint density at radius 2 is 2.00 bits per heavy atom. The fourth-order valence-electron chi connectivity index (χ4n) is 4.93. The average Bonchev–Trinajstić information content (AvgIpc) is 3.35. The van der Waals surface area contributed by atoms with Gasteiger partial charge in [-0.2, -0.15) is 0 Å². The molecule has 0 heterocycles. The average molecular weight is 472 g/mol. The number of nitrogens with one attached hydrogen (secondary N) is 1. The van der Waals surface area contributed by atoms with Crippen LogP contribution in [0.4, 0.5) is 0 Å². The minimum Gasteiger partial charge on any atom is -0.491 e. The molecule has 0 aromatic heterocycles. The first kappa shape index (κ1) is 26.0. The molecule has 186 valence electrons. The van der Waals surface area contributed by atoms with Gasteiger partial charge in [-0.05, 0) is 56.1 Å². The van der Waals surface area contributed by atoms with Crippen molar-refractivity contribution in [3.63, 3.8) is 0 Å². The highest BCUT2D eigenvalue weighted by Gasteiger charge is 2.43. The first-order valence-electron chi connectivity index (χ1n) is 12.2. The number of methoxy groups -OCH3 is 1. The first-order valence-corrected chi connectivity index (χ1v) is 12.2. The van der Waals surface area contributed by atoms with Crippen LogP contribution in [0, 0.1) is 17.8 Å². The molecule has 1 saturated carbocycles. The van der Waals surface area contributed by atoms with Gasteiger partial charge < -0.3 is 25.0 Å². The van der Waals surface area contributed by atoms with Gasteiger partial charge in [0.25, 0.3) is 0 Å². The lowest BCUT2D eigenvalue weighted by Gasteiger charge is -2.19. The van der Waals surface area contributed by atoms with E-state index in [4.69, 9.17) is 4.74 Å². The second kappa shape index (κ2) is 13.3. The maximum atomic E-state index is 11.9. The van der Waals surface area contributed by atoms with E-state index in [0.29, 0.717) is 24.8 Å². The van der Waals surface area contributed by atoms with Gasteiger partial charge in [-0.15, -0.1) is 0 Å². The van der Waals surface area contributed by atoms with E-state index in [0.717, 1.165) is 37.9 Å². The maximum Gasteiger partial charge on any atom is 0.307 e. The summed E-state index contributed by atoms with van der Waals surface area (Å²) < 4.78 is 10.2. The highest BCUT2D eigenvalue weighted by atomic mass is 16.5. The molecule has 2 aliphatic carbocycles. The summed E-state index contributed by atoms with van der Waals surface area (Å²) in [6, 6.07) is 9.40. The minimum absolute atomic E-state index is 0.0331. The fourth-order valence-corrected chi connectivity index (χ4v) is 4.93. The molecule has 1 fully saturated rings. The summed E-state index contributed by atoms with van der Waals surface area (Å²) in [5.74, 6) is 1.13. The van der Waals surface area contributed by atoms with Crippen LogP contribution in [-0.4, -0.2) is 54.6 Å². The third kappa shape index (κ3) is 7.99. The number of allylic oxidation sites excluding steroid dienone is 2. The number of ether oxygens (including phenoxy) is 2. The highest BCUT2D eigenvalue weighted by Crippen LogP contribution is 2.48. The van der Waals surface area contributed by atoms with Crippen molar-refractivity contribution in [1.29, 1.82) is 0 Å². The first-order chi connectivity index (χ1) is 16.5. The van der Waals surface area contributed by atoms with Gasteiger partial charge in [0.1, 0.15) is 18.5 Å². The highest BCUT2D eigenvalue weighted by molar-refractivity contribution is 5.76. The van der Waals surface area contributed by atoms with Crippen LogP contribution in [0.2, 0.25) is 0 Å². The molecule has 1 amide bonds. The van der Waals surface area contributed by atoms with Crippen LogP contribution < -0.4 is 10.1 Å². The van der Waals surface area contributed by atoms with Crippen LogP contribution >= 0.6 is 0 Å². The molecule has 0 aliphatic heterocycles. The monoisotopic (exact) mass is 471 g/mol. The standard InChI is InChI=1S/C27H37NO6/c1-33-27(32)13-14-28-26(31)10-6-5-7-19-15-20-17-25(30)23(24(20)16-19)12-11-21(29)18-34-22-8-3-2-4-9-22/h2-4,8-9,11-12,15,20-21,23-25,29-30H,5-7,10,13-14,16-18H2,1H3,(H,28,31)/b12-11+/t20-,21+,23+,24-,25+/m0/s1. The summed E-state index contributed by atoms with van der Waals surface area (Å²) in [5.41, 5.74) is 1.40. The number of benzene rings is 1. The largest absolute Gasteiger partial charge is 0.491 e. The number of unbranched alkanes of at least 4 members (excludes halogenated alkanes) is 1. The molecule has 1 aromatic rings. The van der Waals surface area contributed by atoms with Gasteiger partial charge in [0.15, 0.2) is 0 Å². The van der Waals surface area contributed by atoms with Crippen molar-refractivity contribution in [3.05, 3.63) is 54.1 Å². The number of aliphatic hydroxyl groups is 2. The Morgan fingerprint density at radius 1 is 1.21 bits per heavy atom. The van der Waals surface area contributed by atoms with Crippen molar-refractivity contribution < 1.29 is 29.3 Å². The molecule has 1 aromatic carbocycles. The topological polar surface area (TPSA) is 105 Å². The normalized spacial score (nSPS) is 24.5. The number of carbonyl (C=O) groups excluding carboxylic acids is 2. The van der Waals surface area contributed by atoms with Gasteiger partial charge in [-0.25, -0.2) is 0 Å². The molecule has 0 bridgehead atoms. The van der Waals surface area contributed by atoms with Gasteiger partial charge in [-0.3, -0.25) is 9.59 Å². The lowest BCUT2D eigenvalue weighted by molar-refractivity contribution is -0.140. The fraction of sp³-hybridized carbons (Fsp3) is 0.556. The minimum atomic E-state index is -0.723. The Balaban J connectivity index is 1.35. The zero-order valence-electron chi connectivity index (χ0n) is 19.9. The predicted molar refractivity (Wildman–Crippen MR) is 129 cm³/mol. The number of para-hydroxylation sites is 1. The van der Waals surface area contributed by atoms with Crippen LogP contribution in [0.3, 0.4) is 0 Å². The van der Waals surface area contributed by atoms with E-state index in [1.165, 1.54) is 12.7 Å². The molecule has 5 atom stereocenters. The van der Waals surface area contributed by atoms with Crippen LogP contribution in [0.25, 0.3) is 0 Å². The molecule has 2 aliphatic rings. The second-order valence-corrected chi connectivity index (χ2v) is 9.20. The number of fused-ring (bicyclic) bond motifs is 1.